The number of hydrogen-bond donors (Lipinski definition) is 1. The number of nitrogens with one attached hydrogen (secondary N) is 1. The maximum atomic E-state index is 13.1. The normalized spacial score (nSPS) is 20.8. The molecule has 0 bridgehead atoms. The van der Waals surface area contributed by atoms with E-state index in [0.717, 1.165) is 39.0 Å². The smallest absolute Gasteiger partial charge is 0.320 e. The van der Waals surface area contributed by atoms with Crippen LogP contribution in [-0.4, -0.2) is 92.7 Å². The Labute approximate surface area is 145 Å². The fourth-order valence-electron chi connectivity index (χ4n) is 3.73. The van der Waals surface area contributed by atoms with Crippen molar-refractivity contribution in [3.05, 3.63) is 0 Å². The first-order valence-corrected chi connectivity index (χ1v) is 9.11. The summed E-state index contributed by atoms with van der Waals surface area (Å²) in [6.45, 7) is 10.1. The van der Waals surface area contributed by atoms with Gasteiger partial charge in [0.1, 0.15) is 0 Å². The molecule has 2 fully saturated rings. The van der Waals surface area contributed by atoms with Crippen molar-refractivity contribution in [2.45, 2.75) is 26.7 Å². The summed E-state index contributed by atoms with van der Waals surface area (Å²) >= 11 is 0. The van der Waals surface area contributed by atoms with E-state index in [4.69, 9.17) is 4.74 Å². The number of carbonyl (C=O) groups excluding carboxylic acids is 2. The molecule has 1 N–H and O–H groups in total. The lowest BCUT2D eigenvalue weighted by Gasteiger charge is -2.43. The van der Waals surface area contributed by atoms with Gasteiger partial charge in [0.15, 0.2) is 0 Å². The second-order valence-electron chi connectivity index (χ2n) is 6.70. The molecule has 2 aliphatic heterocycles. The number of urea groups is 1. The predicted octanol–water partition coefficient (Wildman–Crippen LogP) is 0.609. The first-order valence-electron chi connectivity index (χ1n) is 9.11. The molecule has 7 heteroatoms. The van der Waals surface area contributed by atoms with Crippen LogP contribution in [0.15, 0.2) is 0 Å². The van der Waals surface area contributed by atoms with Gasteiger partial charge in [0.25, 0.3) is 0 Å². The van der Waals surface area contributed by atoms with Gasteiger partial charge in [0.05, 0.1) is 12.0 Å². The van der Waals surface area contributed by atoms with Crippen LogP contribution in [0.3, 0.4) is 0 Å². The molecule has 2 saturated heterocycles. The summed E-state index contributed by atoms with van der Waals surface area (Å²) < 4.78 is 5.37. The molecule has 0 aliphatic carbocycles. The van der Waals surface area contributed by atoms with Crippen molar-refractivity contribution in [3.63, 3.8) is 0 Å². The van der Waals surface area contributed by atoms with E-state index in [9.17, 15) is 9.59 Å². The second-order valence-corrected chi connectivity index (χ2v) is 6.70. The van der Waals surface area contributed by atoms with E-state index in [0.29, 0.717) is 32.8 Å². The monoisotopic (exact) mass is 340 g/mol. The Morgan fingerprint density at radius 2 is 1.58 bits per heavy atom. The number of methoxy groups -OCH3 is 1. The molecule has 0 aromatic carbocycles. The summed E-state index contributed by atoms with van der Waals surface area (Å²) in [7, 11) is 1.66. The standard InChI is InChI=1S/C17H32N4O3/c1-4-19(5-2)16(23)21-12-10-20(11-13-21)15(22)17(14-24-3)6-8-18-9-7-17/h18H,4-14H2,1-3H3. The van der Waals surface area contributed by atoms with Crippen molar-refractivity contribution >= 4 is 11.9 Å². The molecule has 138 valence electrons. The molecular weight excluding hydrogens is 308 g/mol. The molecule has 3 amide bonds. The van der Waals surface area contributed by atoms with Gasteiger partial charge in [-0.25, -0.2) is 4.79 Å². The highest BCUT2D eigenvalue weighted by Gasteiger charge is 2.43. The van der Waals surface area contributed by atoms with Crippen LogP contribution >= 0.6 is 0 Å². The zero-order valence-corrected chi connectivity index (χ0v) is 15.3. The predicted molar refractivity (Wildman–Crippen MR) is 92.9 cm³/mol. The Bertz CT molecular complexity index is 420. The van der Waals surface area contributed by atoms with Gasteiger partial charge < -0.3 is 24.8 Å². The Balaban J connectivity index is 1.95. The quantitative estimate of drug-likeness (QED) is 0.796. The summed E-state index contributed by atoms with van der Waals surface area (Å²) in [6.07, 6.45) is 1.64. The van der Waals surface area contributed by atoms with Crippen LogP contribution < -0.4 is 5.32 Å². The molecular formula is C17H32N4O3. The van der Waals surface area contributed by atoms with E-state index < -0.39 is 5.41 Å². The number of rotatable bonds is 5. The third-order valence-electron chi connectivity index (χ3n) is 5.31. The van der Waals surface area contributed by atoms with E-state index in [2.05, 4.69) is 5.32 Å². The summed E-state index contributed by atoms with van der Waals surface area (Å²) in [5.41, 5.74) is -0.398. The number of piperazine rings is 1. The minimum Gasteiger partial charge on any atom is -0.384 e. The van der Waals surface area contributed by atoms with Gasteiger partial charge in [-0.15, -0.1) is 0 Å². The highest BCUT2D eigenvalue weighted by molar-refractivity contribution is 5.83. The topological polar surface area (TPSA) is 65.1 Å². The zero-order valence-electron chi connectivity index (χ0n) is 15.3. The first-order chi connectivity index (χ1) is 11.6. The molecule has 0 atom stereocenters. The van der Waals surface area contributed by atoms with Crippen molar-refractivity contribution in [3.8, 4) is 0 Å². The van der Waals surface area contributed by atoms with E-state index in [1.165, 1.54) is 0 Å². The molecule has 24 heavy (non-hydrogen) atoms. The highest BCUT2D eigenvalue weighted by atomic mass is 16.5. The molecule has 7 nitrogen and oxygen atoms in total. The fourth-order valence-corrected chi connectivity index (χ4v) is 3.73. The first kappa shape index (κ1) is 19.0. The lowest BCUT2D eigenvalue weighted by molar-refractivity contribution is -0.149. The number of ether oxygens (including phenoxy) is 1. The minimum absolute atomic E-state index is 0.0839. The van der Waals surface area contributed by atoms with Crippen LogP contribution in [0.5, 0.6) is 0 Å². The molecule has 0 radical (unpaired) electrons. The highest BCUT2D eigenvalue weighted by Crippen LogP contribution is 2.32. The largest absolute Gasteiger partial charge is 0.384 e. The van der Waals surface area contributed by atoms with Crippen LogP contribution in [0.1, 0.15) is 26.7 Å². The fraction of sp³-hybridized carbons (Fsp3) is 0.882. The maximum absolute atomic E-state index is 13.1. The molecule has 0 saturated carbocycles. The Hall–Kier alpha value is -1.34. The number of piperidine rings is 1. The molecule has 2 heterocycles. The zero-order chi connectivity index (χ0) is 17.6. The van der Waals surface area contributed by atoms with Crippen molar-refractivity contribution in [2.75, 3.05) is 66.1 Å². The summed E-state index contributed by atoms with van der Waals surface area (Å²) in [5.74, 6) is 0.195. The number of amides is 3. The van der Waals surface area contributed by atoms with Crippen molar-refractivity contribution in [1.29, 1.82) is 0 Å². The average molecular weight is 340 g/mol. The summed E-state index contributed by atoms with van der Waals surface area (Å²) in [4.78, 5) is 31.1. The van der Waals surface area contributed by atoms with Gasteiger partial charge in [-0.2, -0.15) is 0 Å². The number of nitrogens with zero attached hydrogens (tertiary/aromatic N) is 3. The average Bonchev–Trinajstić information content (AvgIpc) is 2.63. The van der Waals surface area contributed by atoms with Gasteiger partial charge in [0, 0.05) is 46.4 Å². The van der Waals surface area contributed by atoms with E-state index in [-0.39, 0.29) is 11.9 Å². The van der Waals surface area contributed by atoms with E-state index >= 15 is 0 Å². The third-order valence-corrected chi connectivity index (χ3v) is 5.31. The molecule has 0 aromatic rings. The third kappa shape index (κ3) is 4.00. The summed E-state index contributed by atoms with van der Waals surface area (Å²) in [6, 6.07) is 0.0839. The van der Waals surface area contributed by atoms with Gasteiger partial charge in [-0.1, -0.05) is 0 Å². The van der Waals surface area contributed by atoms with Crippen LogP contribution in [-0.2, 0) is 9.53 Å². The molecule has 2 aliphatic rings. The van der Waals surface area contributed by atoms with Gasteiger partial charge >= 0.3 is 6.03 Å². The van der Waals surface area contributed by atoms with Crippen LogP contribution in [0.4, 0.5) is 4.79 Å². The number of hydrogen-bond acceptors (Lipinski definition) is 4. The van der Waals surface area contributed by atoms with Crippen molar-refractivity contribution in [1.82, 2.24) is 20.0 Å². The number of carbonyl (C=O) groups is 2. The Morgan fingerprint density at radius 1 is 1.04 bits per heavy atom. The molecule has 0 aromatic heterocycles. The van der Waals surface area contributed by atoms with E-state index in [1.54, 1.807) is 7.11 Å². The van der Waals surface area contributed by atoms with Gasteiger partial charge in [-0.3, -0.25) is 4.79 Å². The van der Waals surface area contributed by atoms with Crippen LogP contribution in [0, 0.1) is 5.41 Å². The van der Waals surface area contributed by atoms with Crippen molar-refractivity contribution < 1.29 is 14.3 Å². The van der Waals surface area contributed by atoms with Crippen LogP contribution in [0.2, 0.25) is 0 Å². The van der Waals surface area contributed by atoms with E-state index in [1.807, 2.05) is 28.5 Å². The maximum Gasteiger partial charge on any atom is 0.320 e. The lowest BCUT2D eigenvalue weighted by Crippen LogP contribution is -2.58. The van der Waals surface area contributed by atoms with Gasteiger partial charge in [0.2, 0.25) is 5.91 Å². The molecule has 0 unspecified atom stereocenters. The SMILES string of the molecule is CCN(CC)C(=O)N1CCN(C(=O)C2(COC)CCNCC2)CC1. The molecule has 0 spiro atoms. The minimum atomic E-state index is -0.398. The lowest BCUT2D eigenvalue weighted by atomic mass is 9.78. The molecule has 2 rings (SSSR count). The van der Waals surface area contributed by atoms with Crippen molar-refractivity contribution in [2.24, 2.45) is 5.41 Å². The Kier molecular flexibility index (Phi) is 6.86. The van der Waals surface area contributed by atoms with Gasteiger partial charge in [-0.05, 0) is 39.8 Å². The Morgan fingerprint density at radius 3 is 2.08 bits per heavy atom. The van der Waals surface area contributed by atoms with Crippen LogP contribution in [0.25, 0.3) is 0 Å². The second kappa shape index (κ2) is 8.67. The summed E-state index contributed by atoms with van der Waals surface area (Å²) in [5, 5.41) is 3.32.